The van der Waals surface area contributed by atoms with E-state index in [4.69, 9.17) is 9.47 Å². The molecule has 3 aliphatic heterocycles. The van der Waals surface area contributed by atoms with E-state index in [1.807, 2.05) is 47.3 Å². The molecule has 3 amide bonds. The number of aliphatic imine (C=N–C) groups is 1. The monoisotopic (exact) mass is 602 g/mol. The summed E-state index contributed by atoms with van der Waals surface area (Å²) in [6.07, 6.45) is 7.76. The van der Waals surface area contributed by atoms with Crippen LogP contribution in [0.4, 0.5) is 17.1 Å². The van der Waals surface area contributed by atoms with E-state index in [2.05, 4.69) is 34.8 Å². The van der Waals surface area contributed by atoms with Crippen molar-refractivity contribution in [1.29, 1.82) is 0 Å². The maximum absolute atomic E-state index is 13.2. The van der Waals surface area contributed by atoms with Crippen molar-refractivity contribution >= 4 is 41.0 Å². The average molecular weight is 603 g/mol. The number of carbonyl (C=O) groups excluding carboxylic acids is 3. The zero-order valence-corrected chi connectivity index (χ0v) is 25.9. The first kappa shape index (κ1) is 30.9. The Hall–Kier alpha value is -4.54. The molecule has 2 atom stereocenters. The molecule has 2 aromatic rings. The Bertz CT molecular complexity index is 1440. The van der Waals surface area contributed by atoms with Crippen molar-refractivity contribution in [3.05, 3.63) is 53.9 Å². The Labute approximate surface area is 258 Å². The van der Waals surface area contributed by atoms with Crippen LogP contribution in [0.3, 0.4) is 0 Å². The quantitative estimate of drug-likeness (QED) is 0.319. The molecule has 11 heteroatoms. The third kappa shape index (κ3) is 7.32. The van der Waals surface area contributed by atoms with Gasteiger partial charge in [0, 0.05) is 68.0 Å². The molecule has 0 bridgehead atoms. The van der Waals surface area contributed by atoms with Crippen molar-refractivity contribution in [2.75, 3.05) is 37.9 Å². The highest BCUT2D eigenvalue weighted by Crippen LogP contribution is 2.38. The van der Waals surface area contributed by atoms with Gasteiger partial charge in [-0.1, -0.05) is 0 Å². The summed E-state index contributed by atoms with van der Waals surface area (Å²) in [4.78, 5) is 47.1. The van der Waals surface area contributed by atoms with Crippen molar-refractivity contribution in [2.45, 2.75) is 70.5 Å². The standard InChI is InChI=1S/C33H42N6O5/c1-21(2)35-22-10-12-23(13-11-22)37-32(41)28-16-24(20-38(28)3)36-31(40)9-7-15-44-30-18-27-26(17-29(30)43-4)33(42)39-14-6-5-8-25(39)19-34-27/h10-13,17-21,25,28,35H,5-9,14-16H2,1-4H3,(H,36,40)(H,37,41). The molecule has 0 saturated carbocycles. The van der Waals surface area contributed by atoms with E-state index in [0.717, 1.165) is 37.2 Å². The number of anilines is 2. The third-order valence-electron chi connectivity index (χ3n) is 7.99. The van der Waals surface area contributed by atoms with Crippen LogP contribution in [-0.2, 0) is 9.59 Å². The molecule has 234 valence electrons. The van der Waals surface area contributed by atoms with Crippen LogP contribution in [0.2, 0.25) is 0 Å². The zero-order chi connectivity index (χ0) is 31.2. The van der Waals surface area contributed by atoms with Crippen molar-refractivity contribution in [2.24, 2.45) is 4.99 Å². The smallest absolute Gasteiger partial charge is 0.256 e. The molecule has 2 unspecified atom stereocenters. The van der Waals surface area contributed by atoms with Gasteiger partial charge < -0.3 is 35.2 Å². The second-order valence-electron chi connectivity index (χ2n) is 11.8. The number of ether oxygens (including phenoxy) is 2. The highest BCUT2D eigenvalue weighted by atomic mass is 16.5. The molecule has 3 heterocycles. The summed E-state index contributed by atoms with van der Waals surface area (Å²) in [5.41, 5.74) is 3.48. The van der Waals surface area contributed by atoms with Gasteiger partial charge in [0.25, 0.3) is 5.91 Å². The molecule has 0 aromatic heterocycles. The van der Waals surface area contributed by atoms with Gasteiger partial charge in [0.05, 0.1) is 31.0 Å². The van der Waals surface area contributed by atoms with E-state index in [1.165, 1.54) is 7.11 Å². The van der Waals surface area contributed by atoms with E-state index in [9.17, 15) is 14.4 Å². The Morgan fingerprint density at radius 1 is 1.07 bits per heavy atom. The number of methoxy groups -OCH3 is 1. The van der Waals surface area contributed by atoms with Gasteiger partial charge in [0.1, 0.15) is 6.04 Å². The number of piperidine rings is 1. The predicted molar refractivity (Wildman–Crippen MR) is 171 cm³/mol. The van der Waals surface area contributed by atoms with Crippen molar-refractivity contribution < 1.29 is 23.9 Å². The van der Waals surface area contributed by atoms with Gasteiger partial charge in [-0.15, -0.1) is 0 Å². The molecular formula is C33H42N6O5. The van der Waals surface area contributed by atoms with Gasteiger partial charge in [-0.25, -0.2) is 0 Å². The lowest BCUT2D eigenvalue weighted by molar-refractivity contribution is -0.121. The van der Waals surface area contributed by atoms with Crippen LogP contribution in [0.1, 0.15) is 62.7 Å². The van der Waals surface area contributed by atoms with Crippen LogP contribution in [-0.4, -0.2) is 79.2 Å². The number of rotatable bonds is 11. The van der Waals surface area contributed by atoms with E-state index in [0.29, 0.717) is 47.3 Å². The number of likely N-dealkylation sites (N-methyl/N-ethyl adjacent to an activating group) is 1. The van der Waals surface area contributed by atoms with Crippen LogP contribution in [0, 0.1) is 0 Å². The molecule has 1 saturated heterocycles. The molecule has 2 aromatic carbocycles. The first-order valence-electron chi connectivity index (χ1n) is 15.3. The van der Waals surface area contributed by atoms with Crippen LogP contribution < -0.4 is 25.4 Å². The number of benzene rings is 2. The number of nitrogens with one attached hydrogen (secondary N) is 3. The van der Waals surface area contributed by atoms with Crippen molar-refractivity contribution in [1.82, 2.24) is 15.1 Å². The minimum atomic E-state index is -0.418. The molecule has 11 nitrogen and oxygen atoms in total. The van der Waals surface area contributed by atoms with Crippen molar-refractivity contribution in [3.63, 3.8) is 0 Å². The summed E-state index contributed by atoms with van der Waals surface area (Å²) >= 11 is 0. The average Bonchev–Trinajstić information content (AvgIpc) is 3.31. The maximum Gasteiger partial charge on any atom is 0.256 e. The lowest BCUT2D eigenvalue weighted by Crippen LogP contribution is -2.43. The summed E-state index contributed by atoms with van der Waals surface area (Å²) in [5.74, 6) is 0.615. The largest absolute Gasteiger partial charge is 0.493 e. The van der Waals surface area contributed by atoms with Gasteiger partial charge in [-0.3, -0.25) is 19.4 Å². The summed E-state index contributed by atoms with van der Waals surface area (Å²) < 4.78 is 11.5. The summed E-state index contributed by atoms with van der Waals surface area (Å²) in [7, 11) is 3.36. The van der Waals surface area contributed by atoms with Crippen LogP contribution in [0.15, 0.2) is 53.3 Å². The molecule has 0 spiro atoms. The molecule has 1 fully saturated rings. The van der Waals surface area contributed by atoms with E-state index in [-0.39, 0.29) is 36.8 Å². The molecule has 0 radical (unpaired) electrons. The van der Waals surface area contributed by atoms with Gasteiger partial charge >= 0.3 is 0 Å². The fourth-order valence-corrected chi connectivity index (χ4v) is 5.75. The SMILES string of the molecule is COc1cc2c(cc1OCCCC(=O)NC1=CN(C)C(C(=O)Nc3ccc(NC(C)C)cc3)C1)N=CC1CCCCN1C2=O. The maximum atomic E-state index is 13.2. The second-order valence-corrected chi connectivity index (χ2v) is 11.8. The number of amides is 3. The summed E-state index contributed by atoms with van der Waals surface area (Å²) in [6.45, 7) is 5.15. The fraction of sp³-hybridized carbons (Fsp3) is 0.455. The fourth-order valence-electron chi connectivity index (χ4n) is 5.75. The van der Waals surface area contributed by atoms with Gasteiger partial charge in [-0.2, -0.15) is 0 Å². The van der Waals surface area contributed by atoms with Gasteiger partial charge in [0.15, 0.2) is 11.5 Å². The van der Waals surface area contributed by atoms with Crippen molar-refractivity contribution in [3.8, 4) is 11.5 Å². The summed E-state index contributed by atoms with van der Waals surface area (Å²) in [5, 5.41) is 9.22. The first-order chi connectivity index (χ1) is 21.2. The van der Waals surface area contributed by atoms with Crippen LogP contribution >= 0.6 is 0 Å². The lowest BCUT2D eigenvalue weighted by atomic mass is 10.0. The Kier molecular flexibility index (Phi) is 9.72. The number of fused-ring (bicyclic) bond motifs is 2. The van der Waals surface area contributed by atoms with E-state index >= 15 is 0 Å². The van der Waals surface area contributed by atoms with E-state index < -0.39 is 6.04 Å². The highest BCUT2D eigenvalue weighted by Gasteiger charge is 2.31. The second kappa shape index (κ2) is 13.8. The Morgan fingerprint density at radius 2 is 1.84 bits per heavy atom. The van der Waals surface area contributed by atoms with Crippen LogP contribution in [0.5, 0.6) is 11.5 Å². The topological polar surface area (TPSA) is 125 Å². The van der Waals surface area contributed by atoms with E-state index in [1.54, 1.807) is 18.3 Å². The minimum Gasteiger partial charge on any atom is -0.493 e. The minimum absolute atomic E-state index is 0.0153. The molecule has 5 rings (SSSR count). The number of carbonyl (C=O) groups is 3. The number of hydrogen-bond donors (Lipinski definition) is 3. The number of nitrogens with zero attached hydrogens (tertiary/aromatic N) is 3. The molecule has 0 aliphatic carbocycles. The Balaban J connectivity index is 1.09. The third-order valence-corrected chi connectivity index (χ3v) is 7.99. The van der Waals surface area contributed by atoms with Crippen LogP contribution in [0.25, 0.3) is 0 Å². The molecule has 3 N–H and O–H groups in total. The van der Waals surface area contributed by atoms with Gasteiger partial charge in [-0.05, 0) is 69.9 Å². The molecule has 3 aliphatic rings. The zero-order valence-electron chi connectivity index (χ0n) is 25.9. The molecule has 44 heavy (non-hydrogen) atoms. The first-order valence-corrected chi connectivity index (χ1v) is 15.3. The number of hydrogen-bond acceptors (Lipinski definition) is 8. The van der Waals surface area contributed by atoms with Gasteiger partial charge in [0.2, 0.25) is 11.8 Å². The predicted octanol–water partition coefficient (Wildman–Crippen LogP) is 4.69. The Morgan fingerprint density at radius 3 is 2.59 bits per heavy atom. The highest BCUT2D eigenvalue weighted by molar-refractivity contribution is 6.03. The lowest BCUT2D eigenvalue weighted by Gasteiger charge is -2.32. The summed E-state index contributed by atoms with van der Waals surface area (Å²) in [6, 6.07) is 11.0. The normalized spacial score (nSPS) is 19.1. The molecular weight excluding hydrogens is 560 g/mol.